The van der Waals surface area contributed by atoms with Crippen molar-refractivity contribution in [3.8, 4) is 0 Å². The molecule has 2 aromatic rings. The van der Waals surface area contributed by atoms with Gasteiger partial charge in [-0.05, 0) is 63.7 Å². The number of hydrogen-bond donors (Lipinski definition) is 1. The Morgan fingerprint density at radius 2 is 2.12 bits per heavy atom. The molecule has 0 spiro atoms. The van der Waals surface area contributed by atoms with Crippen LogP contribution in [0.2, 0.25) is 0 Å². The summed E-state index contributed by atoms with van der Waals surface area (Å²) in [5, 5.41) is 3.38. The molecule has 1 aliphatic heterocycles. The summed E-state index contributed by atoms with van der Waals surface area (Å²) in [5.74, 6) is -0.0240. The molecule has 0 fully saturated rings. The summed E-state index contributed by atoms with van der Waals surface area (Å²) in [5.41, 5.74) is 3.70. The number of para-hydroxylation sites is 1. The fourth-order valence-electron chi connectivity index (χ4n) is 3.17. The number of carbonyl (C=O) groups is 1. The molecule has 132 valence electrons. The van der Waals surface area contributed by atoms with Gasteiger partial charge in [0.25, 0.3) is 5.91 Å². The van der Waals surface area contributed by atoms with Crippen LogP contribution in [0.15, 0.2) is 42.6 Å². The molecule has 5 heteroatoms. The number of aryl methyl sites for hydroxylation is 1. The van der Waals surface area contributed by atoms with Crippen LogP contribution >= 0.6 is 0 Å². The Morgan fingerprint density at radius 1 is 1.28 bits per heavy atom. The van der Waals surface area contributed by atoms with Crippen molar-refractivity contribution in [2.24, 2.45) is 0 Å². The molecule has 1 aromatic heterocycles. The molecule has 1 aromatic carbocycles. The van der Waals surface area contributed by atoms with Gasteiger partial charge in [0.15, 0.2) is 0 Å². The fraction of sp³-hybridized carbons (Fsp3) is 0.400. The molecule has 1 aliphatic rings. The highest BCUT2D eigenvalue weighted by Gasteiger charge is 2.24. The smallest absolute Gasteiger partial charge is 0.276 e. The van der Waals surface area contributed by atoms with Crippen LogP contribution < -0.4 is 10.2 Å². The average Bonchev–Trinajstić information content (AvgIpc) is 2.64. The van der Waals surface area contributed by atoms with Crippen molar-refractivity contribution in [2.75, 3.05) is 43.9 Å². The van der Waals surface area contributed by atoms with Crippen LogP contribution in [0.3, 0.4) is 0 Å². The zero-order chi connectivity index (χ0) is 17.6. The van der Waals surface area contributed by atoms with Crippen LogP contribution in [0, 0.1) is 0 Å². The highest BCUT2D eigenvalue weighted by Crippen LogP contribution is 2.28. The third-order valence-corrected chi connectivity index (χ3v) is 4.45. The van der Waals surface area contributed by atoms with Gasteiger partial charge >= 0.3 is 0 Å². The van der Waals surface area contributed by atoms with Crippen molar-refractivity contribution < 1.29 is 4.79 Å². The first-order chi connectivity index (χ1) is 12.1. The predicted octanol–water partition coefficient (Wildman–Crippen LogP) is 3.04. The Hall–Kier alpha value is -2.40. The monoisotopic (exact) mass is 338 g/mol. The van der Waals surface area contributed by atoms with Crippen LogP contribution in [0.25, 0.3) is 0 Å². The van der Waals surface area contributed by atoms with Crippen molar-refractivity contribution in [2.45, 2.75) is 19.3 Å². The van der Waals surface area contributed by atoms with Crippen LogP contribution in [-0.2, 0) is 6.42 Å². The first kappa shape index (κ1) is 17.4. The first-order valence-corrected chi connectivity index (χ1v) is 8.89. The SMILES string of the molecule is CN(C)CCCNc1ccnc(C(=O)N2CCCc3ccccc32)c1. The molecule has 0 atom stereocenters. The van der Waals surface area contributed by atoms with E-state index in [-0.39, 0.29) is 5.91 Å². The lowest BCUT2D eigenvalue weighted by Crippen LogP contribution is -2.35. The summed E-state index contributed by atoms with van der Waals surface area (Å²) >= 11 is 0. The standard InChI is InChI=1S/C20H26N4O/c1-23(2)13-6-11-21-17-10-12-22-18(15-17)20(25)24-14-5-8-16-7-3-4-9-19(16)24/h3-4,7,9-10,12,15H,5-6,8,11,13-14H2,1-2H3,(H,21,22). The molecule has 2 heterocycles. The lowest BCUT2D eigenvalue weighted by molar-refractivity contribution is 0.0980. The Kier molecular flexibility index (Phi) is 5.66. The van der Waals surface area contributed by atoms with Crippen molar-refractivity contribution >= 4 is 17.3 Å². The van der Waals surface area contributed by atoms with Crippen molar-refractivity contribution in [3.05, 3.63) is 53.9 Å². The summed E-state index contributed by atoms with van der Waals surface area (Å²) in [4.78, 5) is 21.3. The Labute approximate surface area is 149 Å². The van der Waals surface area contributed by atoms with E-state index in [4.69, 9.17) is 0 Å². The maximum Gasteiger partial charge on any atom is 0.276 e. The second-order valence-corrected chi connectivity index (χ2v) is 6.70. The average molecular weight is 338 g/mol. The number of anilines is 2. The largest absolute Gasteiger partial charge is 0.385 e. The Bertz CT molecular complexity index is 729. The maximum absolute atomic E-state index is 13.0. The second-order valence-electron chi connectivity index (χ2n) is 6.70. The molecule has 1 amide bonds. The van der Waals surface area contributed by atoms with E-state index in [2.05, 4.69) is 35.4 Å². The van der Waals surface area contributed by atoms with Gasteiger partial charge in [0.05, 0.1) is 0 Å². The number of hydrogen-bond acceptors (Lipinski definition) is 4. The van der Waals surface area contributed by atoms with Crippen molar-refractivity contribution in [1.82, 2.24) is 9.88 Å². The maximum atomic E-state index is 13.0. The number of nitrogens with one attached hydrogen (secondary N) is 1. The van der Waals surface area contributed by atoms with E-state index in [0.717, 1.165) is 50.3 Å². The van der Waals surface area contributed by atoms with Gasteiger partial charge in [0, 0.05) is 30.7 Å². The topological polar surface area (TPSA) is 48.5 Å². The molecule has 5 nitrogen and oxygen atoms in total. The first-order valence-electron chi connectivity index (χ1n) is 8.89. The number of amides is 1. The lowest BCUT2D eigenvalue weighted by atomic mass is 10.0. The van der Waals surface area contributed by atoms with Gasteiger partial charge in [0.1, 0.15) is 5.69 Å². The van der Waals surface area contributed by atoms with Crippen LogP contribution in [-0.4, -0.2) is 49.5 Å². The number of fused-ring (bicyclic) bond motifs is 1. The predicted molar refractivity (Wildman–Crippen MR) is 102 cm³/mol. The van der Waals surface area contributed by atoms with Crippen LogP contribution in [0.4, 0.5) is 11.4 Å². The number of nitrogens with zero attached hydrogens (tertiary/aromatic N) is 3. The molecule has 0 unspecified atom stereocenters. The minimum Gasteiger partial charge on any atom is -0.385 e. The number of pyridine rings is 1. The van der Waals surface area contributed by atoms with Crippen LogP contribution in [0.1, 0.15) is 28.9 Å². The minimum atomic E-state index is -0.0240. The number of aromatic nitrogens is 1. The Morgan fingerprint density at radius 3 is 2.96 bits per heavy atom. The molecule has 0 saturated carbocycles. The fourth-order valence-corrected chi connectivity index (χ4v) is 3.17. The third-order valence-electron chi connectivity index (χ3n) is 4.45. The van der Waals surface area contributed by atoms with Gasteiger partial charge in [-0.15, -0.1) is 0 Å². The minimum absolute atomic E-state index is 0.0240. The summed E-state index contributed by atoms with van der Waals surface area (Å²) < 4.78 is 0. The summed E-state index contributed by atoms with van der Waals surface area (Å²) in [6.45, 7) is 2.66. The molecular formula is C20H26N4O. The molecule has 3 rings (SSSR count). The lowest BCUT2D eigenvalue weighted by Gasteiger charge is -2.29. The van der Waals surface area contributed by atoms with Crippen molar-refractivity contribution in [1.29, 1.82) is 0 Å². The van der Waals surface area contributed by atoms with E-state index in [1.807, 2.05) is 35.2 Å². The van der Waals surface area contributed by atoms with E-state index in [0.29, 0.717) is 5.69 Å². The number of rotatable bonds is 6. The van der Waals surface area contributed by atoms with E-state index in [9.17, 15) is 4.79 Å². The van der Waals surface area contributed by atoms with E-state index >= 15 is 0 Å². The van der Waals surface area contributed by atoms with Gasteiger partial charge in [-0.1, -0.05) is 18.2 Å². The highest BCUT2D eigenvalue weighted by molar-refractivity contribution is 6.05. The molecule has 0 radical (unpaired) electrons. The number of benzene rings is 1. The molecule has 1 N–H and O–H groups in total. The number of carbonyl (C=O) groups excluding carboxylic acids is 1. The molecule has 25 heavy (non-hydrogen) atoms. The van der Waals surface area contributed by atoms with Gasteiger partial charge in [-0.3, -0.25) is 9.78 Å². The highest BCUT2D eigenvalue weighted by atomic mass is 16.2. The van der Waals surface area contributed by atoms with Gasteiger partial charge in [0.2, 0.25) is 0 Å². The Balaban J connectivity index is 1.70. The normalized spacial score (nSPS) is 13.6. The molecular weight excluding hydrogens is 312 g/mol. The zero-order valence-corrected chi connectivity index (χ0v) is 15.0. The molecule has 0 saturated heterocycles. The van der Waals surface area contributed by atoms with Crippen molar-refractivity contribution in [3.63, 3.8) is 0 Å². The molecule has 0 aliphatic carbocycles. The molecule has 0 bridgehead atoms. The van der Waals surface area contributed by atoms with Gasteiger partial charge in [-0.25, -0.2) is 0 Å². The van der Waals surface area contributed by atoms with Gasteiger partial charge < -0.3 is 15.1 Å². The summed E-state index contributed by atoms with van der Waals surface area (Å²) in [7, 11) is 4.14. The second kappa shape index (κ2) is 8.12. The van der Waals surface area contributed by atoms with E-state index in [1.54, 1.807) is 6.20 Å². The summed E-state index contributed by atoms with van der Waals surface area (Å²) in [6.07, 6.45) is 4.78. The summed E-state index contributed by atoms with van der Waals surface area (Å²) in [6, 6.07) is 11.9. The zero-order valence-electron chi connectivity index (χ0n) is 15.0. The third kappa shape index (κ3) is 4.37. The quantitative estimate of drug-likeness (QED) is 0.823. The van der Waals surface area contributed by atoms with E-state index in [1.165, 1.54) is 5.56 Å². The van der Waals surface area contributed by atoms with Crippen LogP contribution in [0.5, 0.6) is 0 Å². The van der Waals surface area contributed by atoms with Gasteiger partial charge in [-0.2, -0.15) is 0 Å². The van der Waals surface area contributed by atoms with E-state index < -0.39 is 0 Å².